The molecule has 0 aliphatic carbocycles. The van der Waals surface area contributed by atoms with Crippen molar-refractivity contribution in [2.45, 2.75) is 51.4 Å². The molecule has 2 rings (SSSR count). The van der Waals surface area contributed by atoms with Gasteiger partial charge in [0.05, 0.1) is 12.2 Å². The lowest BCUT2D eigenvalue weighted by atomic mass is 10.0. The van der Waals surface area contributed by atoms with E-state index in [1.54, 1.807) is 6.07 Å². The van der Waals surface area contributed by atoms with E-state index in [4.69, 9.17) is 0 Å². The maximum atomic E-state index is 13.7. The third-order valence-corrected chi connectivity index (χ3v) is 4.39. The summed E-state index contributed by atoms with van der Waals surface area (Å²) in [4.78, 5) is 2.20. The molecule has 1 unspecified atom stereocenters. The average molecular weight is 310 g/mol. The average Bonchev–Trinajstić information content (AvgIpc) is 2.53. The number of nitrogens with one attached hydrogen (secondary N) is 1. The Balaban J connectivity index is 2.13. The smallest absolute Gasteiger partial charge is 0.123 e. The first-order valence-electron chi connectivity index (χ1n) is 8.15. The molecule has 0 saturated carbocycles. The molecule has 1 aromatic carbocycles. The number of benzene rings is 1. The maximum absolute atomic E-state index is 13.7. The molecule has 4 nitrogen and oxygen atoms in total. The van der Waals surface area contributed by atoms with Crippen LogP contribution in [-0.4, -0.2) is 42.1 Å². The van der Waals surface area contributed by atoms with Crippen molar-refractivity contribution in [2.24, 2.45) is 0 Å². The number of halogens is 1. The summed E-state index contributed by atoms with van der Waals surface area (Å²) < 4.78 is 13.7. The Labute approximate surface area is 132 Å². The number of piperidine rings is 1. The summed E-state index contributed by atoms with van der Waals surface area (Å²) in [5.41, 5.74) is 1.92. The van der Waals surface area contributed by atoms with E-state index in [-0.39, 0.29) is 24.1 Å². The zero-order valence-electron chi connectivity index (χ0n) is 13.4. The van der Waals surface area contributed by atoms with E-state index in [0.717, 1.165) is 37.2 Å². The van der Waals surface area contributed by atoms with E-state index in [2.05, 4.69) is 10.2 Å². The van der Waals surface area contributed by atoms with Crippen molar-refractivity contribution in [1.82, 2.24) is 5.32 Å². The van der Waals surface area contributed by atoms with Crippen LogP contribution in [0, 0.1) is 5.82 Å². The minimum atomic E-state index is -0.385. The molecule has 1 heterocycles. The van der Waals surface area contributed by atoms with Crippen molar-refractivity contribution in [3.05, 3.63) is 29.6 Å². The summed E-state index contributed by atoms with van der Waals surface area (Å²) in [6, 6.07) is 4.82. The van der Waals surface area contributed by atoms with Gasteiger partial charge >= 0.3 is 0 Å². The second-order valence-corrected chi connectivity index (χ2v) is 6.11. The molecular weight excluding hydrogens is 283 g/mol. The third-order valence-electron chi connectivity index (χ3n) is 4.39. The summed E-state index contributed by atoms with van der Waals surface area (Å²) >= 11 is 0. The van der Waals surface area contributed by atoms with Gasteiger partial charge in [-0.1, -0.05) is 6.92 Å². The van der Waals surface area contributed by atoms with Gasteiger partial charge in [-0.15, -0.1) is 0 Å². The van der Waals surface area contributed by atoms with Crippen LogP contribution >= 0.6 is 0 Å². The minimum absolute atomic E-state index is 0.0428. The zero-order chi connectivity index (χ0) is 16.1. The van der Waals surface area contributed by atoms with Crippen molar-refractivity contribution < 1.29 is 14.6 Å². The normalized spacial score (nSPS) is 19.2. The fourth-order valence-electron chi connectivity index (χ4n) is 2.83. The Kier molecular flexibility index (Phi) is 6.17. The van der Waals surface area contributed by atoms with Crippen molar-refractivity contribution in [3.63, 3.8) is 0 Å². The number of aliphatic hydroxyl groups excluding tert-OH is 2. The molecule has 1 aliphatic rings. The van der Waals surface area contributed by atoms with E-state index in [0.29, 0.717) is 13.0 Å². The second kappa shape index (κ2) is 7.90. The van der Waals surface area contributed by atoms with E-state index >= 15 is 0 Å². The Hall–Kier alpha value is -1.17. The van der Waals surface area contributed by atoms with Gasteiger partial charge in [0.25, 0.3) is 0 Å². The molecular formula is C17H27FN2O2. The molecule has 2 atom stereocenters. The molecule has 0 spiro atoms. The van der Waals surface area contributed by atoms with Gasteiger partial charge in [-0.25, -0.2) is 4.39 Å². The Morgan fingerprint density at radius 2 is 2.05 bits per heavy atom. The van der Waals surface area contributed by atoms with E-state index in [1.807, 2.05) is 19.9 Å². The molecule has 22 heavy (non-hydrogen) atoms. The summed E-state index contributed by atoms with van der Waals surface area (Å²) in [5, 5.41) is 22.6. The van der Waals surface area contributed by atoms with Crippen molar-refractivity contribution in [2.75, 3.05) is 24.5 Å². The predicted octanol–water partition coefficient (Wildman–Crippen LogP) is 2.21. The van der Waals surface area contributed by atoms with Crippen LogP contribution in [0.25, 0.3) is 0 Å². The molecule has 1 aromatic rings. The lowest BCUT2D eigenvalue weighted by Crippen LogP contribution is -2.37. The molecule has 1 saturated heterocycles. The van der Waals surface area contributed by atoms with Gasteiger partial charge in [0.1, 0.15) is 5.82 Å². The molecule has 0 aromatic heterocycles. The van der Waals surface area contributed by atoms with Gasteiger partial charge in [0.2, 0.25) is 0 Å². The topological polar surface area (TPSA) is 55.7 Å². The van der Waals surface area contributed by atoms with Crippen LogP contribution in [0.3, 0.4) is 0 Å². The standard InChI is InChI=1S/C17H27FN2O2/c1-3-14(21)11-19-12(2)16-10-13(18)4-5-17(16)20-8-6-15(22)7-9-20/h4-5,10,12,14-15,19,21-22H,3,6-9,11H2,1-2H3/t12?,14-/m1/s1. The van der Waals surface area contributed by atoms with Crippen molar-refractivity contribution in [3.8, 4) is 0 Å². The lowest BCUT2D eigenvalue weighted by Gasteiger charge is -2.34. The molecule has 1 aliphatic heterocycles. The van der Waals surface area contributed by atoms with Gasteiger partial charge in [-0.3, -0.25) is 0 Å². The van der Waals surface area contributed by atoms with Crippen LogP contribution < -0.4 is 10.2 Å². The Bertz CT molecular complexity index is 476. The van der Waals surface area contributed by atoms with E-state index < -0.39 is 0 Å². The minimum Gasteiger partial charge on any atom is -0.393 e. The molecule has 5 heteroatoms. The maximum Gasteiger partial charge on any atom is 0.123 e. The van der Waals surface area contributed by atoms with Gasteiger partial charge in [0.15, 0.2) is 0 Å². The van der Waals surface area contributed by atoms with Crippen LogP contribution in [0.5, 0.6) is 0 Å². The van der Waals surface area contributed by atoms with Gasteiger partial charge in [0, 0.05) is 31.4 Å². The Morgan fingerprint density at radius 3 is 2.68 bits per heavy atom. The summed E-state index contributed by atoms with van der Waals surface area (Å²) in [6.45, 7) is 5.98. The fraction of sp³-hybridized carbons (Fsp3) is 0.647. The SMILES string of the molecule is CC[C@@H](O)CNC(C)c1cc(F)ccc1N1CCC(O)CC1. The quantitative estimate of drug-likeness (QED) is 0.754. The highest BCUT2D eigenvalue weighted by Crippen LogP contribution is 2.29. The predicted molar refractivity (Wildman–Crippen MR) is 86.6 cm³/mol. The molecule has 0 amide bonds. The monoisotopic (exact) mass is 310 g/mol. The number of anilines is 1. The molecule has 0 bridgehead atoms. The zero-order valence-corrected chi connectivity index (χ0v) is 13.4. The lowest BCUT2D eigenvalue weighted by molar-refractivity contribution is 0.145. The summed E-state index contributed by atoms with van der Waals surface area (Å²) in [7, 11) is 0. The first-order valence-corrected chi connectivity index (χ1v) is 8.15. The number of aliphatic hydroxyl groups is 2. The first kappa shape index (κ1) is 17.2. The van der Waals surface area contributed by atoms with Crippen LogP contribution in [0.4, 0.5) is 10.1 Å². The second-order valence-electron chi connectivity index (χ2n) is 6.11. The molecule has 124 valence electrons. The van der Waals surface area contributed by atoms with Crippen molar-refractivity contribution in [1.29, 1.82) is 0 Å². The van der Waals surface area contributed by atoms with Gasteiger partial charge in [-0.05, 0) is 49.9 Å². The fourth-order valence-corrected chi connectivity index (χ4v) is 2.83. The largest absolute Gasteiger partial charge is 0.393 e. The number of hydrogen-bond donors (Lipinski definition) is 3. The highest BCUT2D eigenvalue weighted by atomic mass is 19.1. The number of rotatable bonds is 6. The van der Waals surface area contributed by atoms with Crippen LogP contribution in [-0.2, 0) is 0 Å². The highest BCUT2D eigenvalue weighted by molar-refractivity contribution is 5.55. The van der Waals surface area contributed by atoms with Crippen LogP contribution in [0.2, 0.25) is 0 Å². The van der Waals surface area contributed by atoms with E-state index in [9.17, 15) is 14.6 Å². The number of hydrogen-bond acceptors (Lipinski definition) is 4. The van der Waals surface area contributed by atoms with Gasteiger partial charge in [-0.2, -0.15) is 0 Å². The molecule has 1 fully saturated rings. The highest BCUT2D eigenvalue weighted by Gasteiger charge is 2.21. The molecule has 3 N–H and O–H groups in total. The molecule has 0 radical (unpaired) electrons. The number of nitrogens with zero attached hydrogens (tertiary/aromatic N) is 1. The van der Waals surface area contributed by atoms with Crippen LogP contribution in [0.1, 0.15) is 44.7 Å². The first-order chi connectivity index (χ1) is 10.5. The van der Waals surface area contributed by atoms with E-state index in [1.165, 1.54) is 6.07 Å². The summed E-state index contributed by atoms with van der Waals surface area (Å²) in [5.74, 6) is -0.250. The van der Waals surface area contributed by atoms with Crippen LogP contribution in [0.15, 0.2) is 18.2 Å². The Morgan fingerprint density at radius 1 is 1.36 bits per heavy atom. The van der Waals surface area contributed by atoms with Crippen molar-refractivity contribution >= 4 is 5.69 Å². The van der Waals surface area contributed by atoms with Gasteiger partial charge < -0.3 is 20.4 Å². The third kappa shape index (κ3) is 4.41. The summed E-state index contributed by atoms with van der Waals surface area (Å²) in [6.07, 6.45) is 1.57.